The van der Waals surface area contributed by atoms with E-state index in [4.69, 9.17) is 0 Å². The number of phenols is 1. The van der Waals surface area contributed by atoms with E-state index >= 15 is 0 Å². The molecule has 2 aliphatic heterocycles. The minimum absolute atomic E-state index is 0.00306. The summed E-state index contributed by atoms with van der Waals surface area (Å²) in [6, 6.07) is 9.90. The van der Waals surface area contributed by atoms with Crippen molar-refractivity contribution < 1.29 is 36.9 Å². The fourth-order valence-electron chi connectivity index (χ4n) is 5.02. The number of sulfonamides is 2. The first-order valence-electron chi connectivity index (χ1n) is 12.7. The number of phenolic OH excluding ortho intramolecular Hbond substituents is 1. The van der Waals surface area contributed by atoms with E-state index in [1.165, 1.54) is 30.3 Å². The van der Waals surface area contributed by atoms with Crippen molar-refractivity contribution in [1.82, 2.24) is 9.62 Å². The zero-order valence-corrected chi connectivity index (χ0v) is 23.2. The highest BCUT2D eigenvalue weighted by Crippen LogP contribution is 2.30. The monoisotopic (exact) mass is 582 g/mol. The topological polar surface area (TPSA) is 177 Å². The van der Waals surface area contributed by atoms with E-state index in [1.54, 1.807) is 12.1 Å². The summed E-state index contributed by atoms with van der Waals surface area (Å²) in [5.74, 6) is -1.36. The van der Waals surface area contributed by atoms with Crippen molar-refractivity contribution in [2.75, 3.05) is 42.1 Å². The predicted octanol–water partition coefficient (Wildman–Crippen LogP) is 1.29. The Morgan fingerprint density at radius 3 is 2.31 bits per heavy atom. The molecule has 0 bridgehead atoms. The van der Waals surface area contributed by atoms with Crippen LogP contribution in [0.1, 0.15) is 37.4 Å². The zero-order valence-electron chi connectivity index (χ0n) is 21.5. The lowest BCUT2D eigenvalue weighted by Gasteiger charge is -2.34. The normalized spacial score (nSPS) is 20.2. The summed E-state index contributed by atoms with van der Waals surface area (Å²) in [4.78, 5) is 13.7. The van der Waals surface area contributed by atoms with Gasteiger partial charge in [0.25, 0.3) is 0 Å². The molecule has 214 valence electrons. The van der Waals surface area contributed by atoms with E-state index in [2.05, 4.69) is 14.9 Å². The van der Waals surface area contributed by atoms with E-state index in [0.29, 0.717) is 31.5 Å². The largest absolute Gasteiger partial charge is 0.506 e. The summed E-state index contributed by atoms with van der Waals surface area (Å²) in [5.41, 5.74) is 1.34. The number of nitrogens with zero attached hydrogens (tertiary/aromatic N) is 2. The third-order valence-electron chi connectivity index (χ3n) is 7.09. The van der Waals surface area contributed by atoms with Gasteiger partial charge in [0.1, 0.15) is 11.8 Å². The molecule has 2 heterocycles. The van der Waals surface area contributed by atoms with Crippen molar-refractivity contribution in [2.45, 2.75) is 48.8 Å². The summed E-state index contributed by atoms with van der Waals surface area (Å²) in [5, 5.41) is 33.2. The first-order valence-corrected chi connectivity index (χ1v) is 16.0. The number of benzene rings is 2. The highest BCUT2D eigenvalue weighted by molar-refractivity contribution is 7.92. The maximum Gasteiger partial charge on any atom is 0.322 e. The van der Waals surface area contributed by atoms with Gasteiger partial charge in [0.2, 0.25) is 20.0 Å². The summed E-state index contributed by atoms with van der Waals surface area (Å²) in [6.07, 6.45) is 2.47. The molecule has 2 aliphatic rings. The van der Waals surface area contributed by atoms with E-state index in [1.807, 2.05) is 0 Å². The molecular weight excluding hydrogens is 548 g/mol. The number of aliphatic hydroxyl groups is 1. The lowest BCUT2D eigenvalue weighted by molar-refractivity contribution is -0.140. The van der Waals surface area contributed by atoms with Crippen LogP contribution in [-0.2, 0) is 24.8 Å². The van der Waals surface area contributed by atoms with Crippen LogP contribution in [0.15, 0.2) is 47.4 Å². The van der Waals surface area contributed by atoms with Gasteiger partial charge in [-0.25, -0.2) is 16.8 Å². The molecule has 2 fully saturated rings. The summed E-state index contributed by atoms with van der Waals surface area (Å²) < 4.78 is 52.3. The molecule has 0 saturated carbocycles. The number of carbonyl (C=O) groups is 1. The first kappa shape index (κ1) is 29.1. The molecule has 5 N–H and O–H groups in total. The Labute approximate surface area is 228 Å². The Morgan fingerprint density at radius 1 is 1.03 bits per heavy atom. The molecule has 2 saturated heterocycles. The second kappa shape index (κ2) is 11.7. The number of aliphatic hydroxyl groups excluding tert-OH is 1. The van der Waals surface area contributed by atoms with Gasteiger partial charge in [-0.15, -0.1) is 0 Å². The van der Waals surface area contributed by atoms with Crippen molar-refractivity contribution in [3.63, 3.8) is 0 Å². The van der Waals surface area contributed by atoms with Gasteiger partial charge in [0.15, 0.2) is 0 Å². The standard InChI is InChI=1S/C25H34N4O8S2/c1-38(34,35)27-21-15-17(4-9-23(21)30)24(31)16-26-18-10-13-28(14-11-18)19-5-7-20(8-6-19)39(36,37)29-12-2-3-22(29)25(32)33/h4-9,15,18,22,24,26-27,30-31H,2-3,10-14,16H2,1H3,(H,32,33). The molecule has 39 heavy (non-hydrogen) atoms. The Kier molecular flexibility index (Phi) is 8.71. The molecule has 0 aliphatic carbocycles. The van der Waals surface area contributed by atoms with Crippen LogP contribution in [0.3, 0.4) is 0 Å². The Hall–Kier alpha value is -2.91. The fraction of sp³-hybridized carbons (Fsp3) is 0.480. The smallest absolute Gasteiger partial charge is 0.322 e. The minimum atomic E-state index is -3.89. The number of carboxylic acids is 1. The van der Waals surface area contributed by atoms with E-state index in [9.17, 15) is 36.9 Å². The Balaban J connectivity index is 1.30. The van der Waals surface area contributed by atoms with Gasteiger partial charge in [-0.1, -0.05) is 6.07 Å². The number of rotatable bonds is 10. The summed E-state index contributed by atoms with van der Waals surface area (Å²) >= 11 is 0. The van der Waals surface area contributed by atoms with Crippen LogP contribution in [0.4, 0.5) is 11.4 Å². The summed E-state index contributed by atoms with van der Waals surface area (Å²) in [6.45, 7) is 1.87. The second-order valence-electron chi connectivity index (χ2n) is 9.94. The molecule has 12 nitrogen and oxygen atoms in total. The maximum absolute atomic E-state index is 13.0. The van der Waals surface area contributed by atoms with E-state index in [-0.39, 0.29) is 35.5 Å². The van der Waals surface area contributed by atoms with Crippen LogP contribution < -0.4 is 14.9 Å². The first-order chi connectivity index (χ1) is 18.3. The Morgan fingerprint density at radius 2 is 1.69 bits per heavy atom. The van der Waals surface area contributed by atoms with Gasteiger partial charge >= 0.3 is 5.97 Å². The number of carboxylic acid groups (broad SMARTS) is 1. The van der Waals surface area contributed by atoms with Crippen LogP contribution in [0.2, 0.25) is 0 Å². The number of anilines is 2. The molecule has 0 aromatic heterocycles. The van der Waals surface area contributed by atoms with Crippen molar-refractivity contribution in [3.05, 3.63) is 48.0 Å². The second-order valence-corrected chi connectivity index (χ2v) is 13.6. The number of hydrogen-bond acceptors (Lipinski definition) is 9. The third-order valence-corrected chi connectivity index (χ3v) is 9.61. The quantitative estimate of drug-likeness (QED) is 0.257. The van der Waals surface area contributed by atoms with Gasteiger partial charge in [0, 0.05) is 37.9 Å². The molecule has 2 unspecified atom stereocenters. The van der Waals surface area contributed by atoms with Crippen molar-refractivity contribution in [3.8, 4) is 5.75 Å². The molecule has 0 amide bonds. The highest BCUT2D eigenvalue weighted by atomic mass is 32.2. The average molecular weight is 583 g/mol. The molecule has 0 spiro atoms. The van der Waals surface area contributed by atoms with Crippen molar-refractivity contribution >= 4 is 37.4 Å². The molecule has 4 rings (SSSR count). The average Bonchev–Trinajstić information content (AvgIpc) is 3.40. The van der Waals surface area contributed by atoms with Gasteiger partial charge in [-0.05, 0) is 67.6 Å². The molecule has 2 aromatic rings. The number of aliphatic carboxylic acids is 1. The number of hydrogen-bond donors (Lipinski definition) is 5. The SMILES string of the molecule is CS(=O)(=O)Nc1cc(C(O)CNC2CCN(c3ccc(S(=O)(=O)N4CCCC4C(=O)O)cc3)CC2)ccc1O. The lowest BCUT2D eigenvalue weighted by Crippen LogP contribution is -2.43. The van der Waals surface area contributed by atoms with Crippen LogP contribution in [0.25, 0.3) is 0 Å². The van der Waals surface area contributed by atoms with E-state index in [0.717, 1.165) is 29.1 Å². The summed E-state index contributed by atoms with van der Waals surface area (Å²) in [7, 11) is -7.47. The van der Waals surface area contributed by atoms with E-state index < -0.39 is 38.2 Å². The van der Waals surface area contributed by atoms with Gasteiger partial charge < -0.3 is 25.5 Å². The zero-order chi connectivity index (χ0) is 28.4. The van der Waals surface area contributed by atoms with Crippen LogP contribution in [0, 0.1) is 0 Å². The van der Waals surface area contributed by atoms with Crippen LogP contribution in [0.5, 0.6) is 5.75 Å². The minimum Gasteiger partial charge on any atom is -0.506 e. The Bertz CT molecular complexity index is 1390. The van der Waals surface area contributed by atoms with Gasteiger partial charge in [-0.3, -0.25) is 9.52 Å². The van der Waals surface area contributed by atoms with Crippen LogP contribution >= 0.6 is 0 Å². The third kappa shape index (κ3) is 7.00. The molecule has 0 radical (unpaired) electrons. The van der Waals surface area contributed by atoms with Gasteiger partial charge in [0.05, 0.1) is 22.9 Å². The molecule has 14 heteroatoms. The number of nitrogens with one attached hydrogen (secondary N) is 2. The fourth-order valence-corrected chi connectivity index (χ4v) is 7.23. The number of aromatic hydroxyl groups is 1. The number of piperidine rings is 1. The lowest BCUT2D eigenvalue weighted by atomic mass is 10.0. The predicted molar refractivity (Wildman–Crippen MR) is 146 cm³/mol. The molecule has 2 aromatic carbocycles. The van der Waals surface area contributed by atoms with Crippen molar-refractivity contribution in [2.24, 2.45) is 0 Å². The maximum atomic E-state index is 13.0. The highest BCUT2D eigenvalue weighted by Gasteiger charge is 2.39. The molecular formula is C25H34N4O8S2. The van der Waals surface area contributed by atoms with Crippen LogP contribution in [-0.4, -0.2) is 86.9 Å². The molecule has 2 atom stereocenters. The van der Waals surface area contributed by atoms with Crippen molar-refractivity contribution in [1.29, 1.82) is 0 Å². The van der Waals surface area contributed by atoms with Gasteiger partial charge in [-0.2, -0.15) is 4.31 Å².